The molecule has 0 aliphatic heterocycles. The summed E-state index contributed by atoms with van der Waals surface area (Å²) in [5.74, 6) is -0.297. The molecule has 0 bridgehead atoms. The number of hydrogen-bond donors (Lipinski definition) is 2. The largest absolute Gasteiger partial charge is 0.398 e. The van der Waals surface area contributed by atoms with Crippen molar-refractivity contribution < 1.29 is 9.18 Å². The number of nitrogens with one attached hydrogen (secondary N) is 1. The van der Waals surface area contributed by atoms with Crippen LogP contribution in [0.25, 0.3) is 0 Å². The number of benzene rings is 2. The molecule has 0 saturated heterocycles. The highest BCUT2D eigenvalue weighted by molar-refractivity contribution is 6.03. The van der Waals surface area contributed by atoms with Crippen molar-refractivity contribution in [3.8, 4) is 0 Å². The highest BCUT2D eigenvalue weighted by Gasteiger charge is 2.24. The average Bonchev–Trinajstić information content (AvgIpc) is 2.51. The zero-order chi connectivity index (χ0) is 15.5. The van der Waals surface area contributed by atoms with Crippen LogP contribution in [0, 0.1) is 5.82 Å². The van der Waals surface area contributed by atoms with Crippen LogP contribution < -0.4 is 11.1 Å². The fraction of sp³-hybridized carbons (Fsp3) is 0.278. The fourth-order valence-corrected chi connectivity index (χ4v) is 3.04. The van der Waals surface area contributed by atoms with E-state index in [-0.39, 0.29) is 17.3 Å². The van der Waals surface area contributed by atoms with Crippen molar-refractivity contribution in [3.05, 3.63) is 64.5 Å². The van der Waals surface area contributed by atoms with Crippen molar-refractivity contribution in [1.82, 2.24) is 5.32 Å². The summed E-state index contributed by atoms with van der Waals surface area (Å²) < 4.78 is 14.3. The standard InChI is InChI=1S/C18H19FN2O/c19-15-9-16(20)18-13(7-4-8-17(18)22)14(15)11-21-10-12-5-2-1-3-6-12/h1-3,5-6,9,21H,4,7-8,10-11,20H2. The van der Waals surface area contributed by atoms with Gasteiger partial charge in [0.05, 0.1) is 0 Å². The van der Waals surface area contributed by atoms with Crippen LogP contribution in [0.15, 0.2) is 36.4 Å². The highest BCUT2D eigenvalue weighted by Crippen LogP contribution is 2.31. The van der Waals surface area contributed by atoms with Crippen LogP contribution >= 0.6 is 0 Å². The van der Waals surface area contributed by atoms with Crippen LogP contribution in [0.4, 0.5) is 10.1 Å². The molecule has 0 amide bonds. The van der Waals surface area contributed by atoms with Crippen LogP contribution in [0.5, 0.6) is 0 Å². The summed E-state index contributed by atoms with van der Waals surface area (Å²) in [5, 5.41) is 3.25. The minimum absolute atomic E-state index is 0.0306. The molecule has 3 rings (SSSR count). The molecule has 1 aliphatic rings. The topological polar surface area (TPSA) is 55.1 Å². The number of hydrogen-bond acceptors (Lipinski definition) is 3. The lowest BCUT2D eigenvalue weighted by atomic mass is 9.86. The lowest BCUT2D eigenvalue weighted by molar-refractivity contribution is 0.0973. The first-order valence-electron chi connectivity index (χ1n) is 7.54. The molecule has 3 N–H and O–H groups in total. The first-order valence-corrected chi connectivity index (χ1v) is 7.54. The molecule has 0 radical (unpaired) electrons. The zero-order valence-corrected chi connectivity index (χ0v) is 12.4. The first kappa shape index (κ1) is 14.7. The third kappa shape index (κ3) is 2.88. The molecule has 0 atom stereocenters. The van der Waals surface area contributed by atoms with Gasteiger partial charge in [0.2, 0.25) is 0 Å². The summed E-state index contributed by atoms with van der Waals surface area (Å²) in [6.45, 7) is 1.06. The van der Waals surface area contributed by atoms with Crippen LogP contribution in [0.1, 0.15) is 39.9 Å². The number of ketones is 1. The predicted octanol–water partition coefficient (Wildman–Crippen LogP) is 3.22. The lowest BCUT2D eigenvalue weighted by Gasteiger charge is -2.21. The third-order valence-corrected chi connectivity index (χ3v) is 4.11. The van der Waals surface area contributed by atoms with Gasteiger partial charge in [-0.15, -0.1) is 0 Å². The normalized spacial score (nSPS) is 14.0. The first-order chi connectivity index (χ1) is 10.7. The molecule has 0 heterocycles. The summed E-state index contributed by atoms with van der Waals surface area (Å²) in [6.07, 6.45) is 1.98. The Labute approximate surface area is 129 Å². The van der Waals surface area contributed by atoms with Gasteiger partial charge in [-0.05, 0) is 30.0 Å². The molecule has 3 nitrogen and oxygen atoms in total. The third-order valence-electron chi connectivity index (χ3n) is 4.11. The second-order valence-corrected chi connectivity index (χ2v) is 5.65. The molecule has 4 heteroatoms. The number of carbonyl (C=O) groups is 1. The Morgan fingerprint density at radius 2 is 1.91 bits per heavy atom. The van der Waals surface area contributed by atoms with Crippen molar-refractivity contribution in [2.75, 3.05) is 5.73 Å². The summed E-state index contributed by atoms with van der Waals surface area (Å²) in [4.78, 5) is 12.0. The highest BCUT2D eigenvalue weighted by atomic mass is 19.1. The van der Waals surface area contributed by atoms with Crippen LogP contribution in [0.2, 0.25) is 0 Å². The SMILES string of the molecule is Nc1cc(F)c(CNCc2ccccc2)c2c1C(=O)CCC2. The smallest absolute Gasteiger partial charge is 0.165 e. The molecule has 22 heavy (non-hydrogen) atoms. The maximum Gasteiger partial charge on any atom is 0.165 e. The van der Waals surface area contributed by atoms with E-state index in [9.17, 15) is 9.18 Å². The van der Waals surface area contributed by atoms with E-state index in [0.29, 0.717) is 37.1 Å². The van der Waals surface area contributed by atoms with E-state index in [1.54, 1.807) is 0 Å². The molecule has 0 fully saturated rings. The monoisotopic (exact) mass is 298 g/mol. The Balaban J connectivity index is 1.81. The second kappa shape index (κ2) is 6.28. The van der Waals surface area contributed by atoms with Crippen molar-refractivity contribution in [1.29, 1.82) is 0 Å². The van der Waals surface area contributed by atoms with Gasteiger partial charge in [0, 0.05) is 36.3 Å². The molecule has 1 aliphatic carbocycles. The van der Waals surface area contributed by atoms with Gasteiger partial charge in [-0.25, -0.2) is 4.39 Å². The maximum atomic E-state index is 14.3. The summed E-state index contributed by atoms with van der Waals surface area (Å²) in [7, 11) is 0. The van der Waals surface area contributed by atoms with E-state index in [1.165, 1.54) is 6.07 Å². The zero-order valence-electron chi connectivity index (χ0n) is 12.4. The number of carbonyl (C=O) groups excluding carboxylic acids is 1. The van der Waals surface area contributed by atoms with E-state index < -0.39 is 0 Å². The lowest BCUT2D eigenvalue weighted by Crippen LogP contribution is -2.21. The number of Topliss-reactive ketones (excluding diaryl/α,β-unsaturated/α-hetero) is 1. The summed E-state index contributed by atoms with van der Waals surface area (Å²) in [5.41, 5.74) is 9.14. The van der Waals surface area contributed by atoms with Gasteiger partial charge in [-0.1, -0.05) is 30.3 Å². The molecular formula is C18H19FN2O. The molecule has 0 saturated carbocycles. The Morgan fingerprint density at radius 3 is 2.68 bits per heavy atom. The van der Waals surface area contributed by atoms with Gasteiger partial charge in [0.15, 0.2) is 5.78 Å². The van der Waals surface area contributed by atoms with Gasteiger partial charge >= 0.3 is 0 Å². The molecule has 0 unspecified atom stereocenters. The molecule has 114 valence electrons. The quantitative estimate of drug-likeness (QED) is 0.852. The molecule has 0 aromatic heterocycles. The number of nitrogens with two attached hydrogens (primary N) is 1. The van der Waals surface area contributed by atoms with E-state index in [1.807, 2.05) is 30.3 Å². The van der Waals surface area contributed by atoms with Gasteiger partial charge < -0.3 is 11.1 Å². The molecular weight excluding hydrogens is 279 g/mol. The minimum atomic E-state index is -0.327. The number of rotatable bonds is 4. The number of nitrogen functional groups attached to an aromatic ring is 1. The van der Waals surface area contributed by atoms with Gasteiger partial charge in [0.25, 0.3) is 0 Å². The average molecular weight is 298 g/mol. The Hall–Kier alpha value is -2.20. The number of fused-ring (bicyclic) bond motifs is 1. The predicted molar refractivity (Wildman–Crippen MR) is 85.1 cm³/mol. The Morgan fingerprint density at radius 1 is 1.14 bits per heavy atom. The Bertz CT molecular complexity index is 698. The number of anilines is 1. The van der Waals surface area contributed by atoms with Crippen molar-refractivity contribution >= 4 is 11.5 Å². The van der Waals surface area contributed by atoms with Crippen LogP contribution in [-0.2, 0) is 19.5 Å². The minimum Gasteiger partial charge on any atom is -0.398 e. The van der Waals surface area contributed by atoms with E-state index in [0.717, 1.165) is 17.5 Å². The maximum absolute atomic E-state index is 14.3. The Kier molecular flexibility index (Phi) is 4.20. The molecule has 0 spiro atoms. The molecule has 2 aromatic rings. The fourth-order valence-electron chi connectivity index (χ4n) is 3.04. The van der Waals surface area contributed by atoms with Gasteiger partial charge in [-0.2, -0.15) is 0 Å². The van der Waals surface area contributed by atoms with Gasteiger partial charge in [0.1, 0.15) is 5.82 Å². The van der Waals surface area contributed by atoms with Crippen molar-refractivity contribution in [2.24, 2.45) is 0 Å². The van der Waals surface area contributed by atoms with Crippen LogP contribution in [0.3, 0.4) is 0 Å². The van der Waals surface area contributed by atoms with Crippen LogP contribution in [-0.4, -0.2) is 5.78 Å². The summed E-state index contributed by atoms with van der Waals surface area (Å²) >= 11 is 0. The van der Waals surface area contributed by atoms with Crippen molar-refractivity contribution in [3.63, 3.8) is 0 Å². The van der Waals surface area contributed by atoms with E-state index >= 15 is 0 Å². The summed E-state index contributed by atoms with van der Waals surface area (Å²) in [6, 6.07) is 11.2. The van der Waals surface area contributed by atoms with E-state index in [2.05, 4.69) is 5.32 Å². The second-order valence-electron chi connectivity index (χ2n) is 5.65. The molecule has 2 aromatic carbocycles. The van der Waals surface area contributed by atoms with Crippen molar-refractivity contribution in [2.45, 2.75) is 32.4 Å². The number of halogens is 1. The van der Waals surface area contributed by atoms with E-state index in [4.69, 9.17) is 5.73 Å². The van der Waals surface area contributed by atoms with Gasteiger partial charge in [-0.3, -0.25) is 4.79 Å².